The quantitative estimate of drug-likeness (QED) is 0.887. The summed E-state index contributed by atoms with van der Waals surface area (Å²) in [5.74, 6) is 0.587. The predicted molar refractivity (Wildman–Crippen MR) is 74.1 cm³/mol. The van der Waals surface area contributed by atoms with E-state index in [-0.39, 0.29) is 0 Å². The minimum atomic E-state index is 0.295. The van der Waals surface area contributed by atoms with E-state index in [9.17, 15) is 0 Å². The van der Waals surface area contributed by atoms with Gasteiger partial charge in [-0.2, -0.15) is 0 Å². The Labute approximate surface area is 114 Å². The monoisotopic (exact) mass is 268 g/mol. The smallest absolute Gasteiger partial charge is 0.232 e. The van der Waals surface area contributed by atoms with Gasteiger partial charge in [-0.25, -0.2) is 4.98 Å². The second kappa shape index (κ2) is 6.95. The van der Waals surface area contributed by atoms with E-state index in [1.54, 1.807) is 0 Å². The lowest BCUT2D eigenvalue weighted by Gasteiger charge is -2.22. The van der Waals surface area contributed by atoms with Gasteiger partial charge < -0.3 is 10.1 Å². The van der Waals surface area contributed by atoms with Crippen molar-refractivity contribution in [2.24, 2.45) is 0 Å². The molecule has 0 amide bonds. The molecular weight excluding hydrogens is 248 g/mol. The highest BCUT2D eigenvalue weighted by molar-refractivity contribution is 6.31. The van der Waals surface area contributed by atoms with E-state index < -0.39 is 0 Å². The number of ether oxygens (including phenoxy) is 1. The van der Waals surface area contributed by atoms with Gasteiger partial charge >= 0.3 is 0 Å². The maximum Gasteiger partial charge on any atom is 0.232 e. The highest BCUT2D eigenvalue weighted by Gasteiger charge is 2.17. The van der Waals surface area contributed by atoms with E-state index in [0.29, 0.717) is 17.0 Å². The first kappa shape index (κ1) is 13.6. The van der Waals surface area contributed by atoms with Crippen molar-refractivity contribution in [2.45, 2.75) is 51.7 Å². The van der Waals surface area contributed by atoms with Gasteiger partial charge in [0.2, 0.25) is 5.88 Å². The molecule has 0 bridgehead atoms. The lowest BCUT2D eigenvalue weighted by atomic mass is 9.98. The highest BCUT2D eigenvalue weighted by atomic mass is 35.5. The van der Waals surface area contributed by atoms with Gasteiger partial charge in [-0.05, 0) is 43.9 Å². The van der Waals surface area contributed by atoms with Crippen LogP contribution < -0.4 is 10.1 Å². The highest BCUT2D eigenvalue weighted by Crippen LogP contribution is 2.27. The summed E-state index contributed by atoms with van der Waals surface area (Å²) in [4.78, 5) is 4.33. The van der Waals surface area contributed by atoms with Gasteiger partial charge in [-0.3, -0.25) is 0 Å². The standard InChI is InChI=1S/C14H21ClN2O/c1-2-16-9-11-8-13(15)14(17-10-11)18-12-6-4-3-5-7-12/h8,10,12,16H,2-7,9H2,1H3. The van der Waals surface area contributed by atoms with E-state index in [0.717, 1.165) is 31.5 Å². The maximum atomic E-state index is 6.21. The van der Waals surface area contributed by atoms with Crippen LogP contribution in [0.2, 0.25) is 5.02 Å². The molecule has 0 aliphatic heterocycles. The van der Waals surface area contributed by atoms with Gasteiger partial charge in [0.1, 0.15) is 11.1 Å². The van der Waals surface area contributed by atoms with Crippen LogP contribution in [-0.2, 0) is 6.54 Å². The number of hydrogen-bond acceptors (Lipinski definition) is 3. The van der Waals surface area contributed by atoms with Gasteiger partial charge in [0.25, 0.3) is 0 Å². The second-order valence-corrected chi connectivity index (χ2v) is 5.20. The molecule has 1 saturated carbocycles. The predicted octanol–water partition coefficient (Wildman–Crippen LogP) is 3.56. The summed E-state index contributed by atoms with van der Waals surface area (Å²) >= 11 is 6.21. The molecule has 0 atom stereocenters. The molecule has 1 aliphatic rings. The third-order valence-corrected chi connectivity index (χ3v) is 3.54. The summed E-state index contributed by atoms with van der Waals surface area (Å²) in [7, 11) is 0. The molecule has 1 aliphatic carbocycles. The van der Waals surface area contributed by atoms with Crippen molar-refractivity contribution in [3.63, 3.8) is 0 Å². The number of hydrogen-bond donors (Lipinski definition) is 1. The summed E-state index contributed by atoms with van der Waals surface area (Å²) in [5, 5.41) is 3.87. The van der Waals surface area contributed by atoms with Crippen LogP contribution >= 0.6 is 11.6 Å². The van der Waals surface area contributed by atoms with E-state index in [4.69, 9.17) is 16.3 Å². The Bertz CT molecular complexity index is 378. The number of nitrogens with zero attached hydrogens (tertiary/aromatic N) is 1. The van der Waals surface area contributed by atoms with Crippen molar-refractivity contribution in [2.75, 3.05) is 6.54 Å². The molecule has 3 nitrogen and oxygen atoms in total. The van der Waals surface area contributed by atoms with Crippen LogP contribution in [0.4, 0.5) is 0 Å². The normalized spacial score (nSPS) is 16.8. The Morgan fingerprint density at radius 2 is 2.17 bits per heavy atom. The molecule has 1 N–H and O–H groups in total. The summed E-state index contributed by atoms with van der Waals surface area (Å²) in [6, 6.07) is 1.94. The van der Waals surface area contributed by atoms with Gasteiger partial charge in [-0.1, -0.05) is 24.9 Å². The lowest BCUT2D eigenvalue weighted by molar-refractivity contribution is 0.149. The number of aromatic nitrogens is 1. The largest absolute Gasteiger partial charge is 0.473 e. The van der Waals surface area contributed by atoms with Gasteiger partial charge in [0.15, 0.2) is 0 Å². The Kier molecular flexibility index (Phi) is 5.26. The molecule has 2 rings (SSSR count). The zero-order valence-electron chi connectivity index (χ0n) is 10.9. The summed E-state index contributed by atoms with van der Waals surface area (Å²) in [6.45, 7) is 3.82. The van der Waals surface area contributed by atoms with Crippen molar-refractivity contribution in [3.8, 4) is 5.88 Å². The molecule has 4 heteroatoms. The molecule has 0 spiro atoms. The Balaban J connectivity index is 1.95. The minimum absolute atomic E-state index is 0.295. The van der Waals surface area contributed by atoms with Crippen LogP contribution in [0.15, 0.2) is 12.3 Å². The van der Waals surface area contributed by atoms with Crippen LogP contribution in [0.25, 0.3) is 0 Å². The van der Waals surface area contributed by atoms with Crippen molar-refractivity contribution in [3.05, 3.63) is 22.8 Å². The molecular formula is C14H21ClN2O. The molecule has 1 fully saturated rings. The van der Waals surface area contributed by atoms with E-state index >= 15 is 0 Å². The van der Waals surface area contributed by atoms with Crippen LogP contribution in [0.5, 0.6) is 5.88 Å². The average molecular weight is 269 g/mol. The number of rotatable bonds is 5. The van der Waals surface area contributed by atoms with Crippen molar-refractivity contribution in [1.82, 2.24) is 10.3 Å². The Morgan fingerprint density at radius 3 is 2.83 bits per heavy atom. The van der Waals surface area contributed by atoms with E-state index in [1.165, 1.54) is 19.3 Å². The molecule has 1 aromatic rings. The third kappa shape index (κ3) is 3.85. The Hall–Kier alpha value is -0.800. The Morgan fingerprint density at radius 1 is 1.39 bits per heavy atom. The second-order valence-electron chi connectivity index (χ2n) is 4.79. The zero-order chi connectivity index (χ0) is 12.8. The van der Waals surface area contributed by atoms with Crippen LogP contribution in [0, 0.1) is 0 Å². The number of pyridine rings is 1. The van der Waals surface area contributed by atoms with Gasteiger partial charge in [0, 0.05) is 12.7 Å². The van der Waals surface area contributed by atoms with Gasteiger partial charge in [-0.15, -0.1) is 0 Å². The molecule has 0 radical (unpaired) electrons. The SMILES string of the molecule is CCNCc1cnc(OC2CCCCC2)c(Cl)c1. The van der Waals surface area contributed by atoms with Crippen LogP contribution in [0.1, 0.15) is 44.6 Å². The van der Waals surface area contributed by atoms with Gasteiger partial charge in [0.05, 0.1) is 0 Å². The molecule has 1 heterocycles. The minimum Gasteiger partial charge on any atom is -0.473 e. The lowest BCUT2D eigenvalue weighted by Crippen LogP contribution is -2.20. The first-order chi connectivity index (χ1) is 8.79. The molecule has 18 heavy (non-hydrogen) atoms. The van der Waals surface area contributed by atoms with Crippen molar-refractivity contribution < 1.29 is 4.74 Å². The topological polar surface area (TPSA) is 34.2 Å². The zero-order valence-corrected chi connectivity index (χ0v) is 11.7. The summed E-state index contributed by atoms with van der Waals surface area (Å²) < 4.78 is 5.88. The first-order valence-electron chi connectivity index (χ1n) is 6.81. The fraction of sp³-hybridized carbons (Fsp3) is 0.643. The third-order valence-electron chi connectivity index (χ3n) is 3.27. The molecule has 0 unspecified atom stereocenters. The van der Waals surface area contributed by atoms with Crippen molar-refractivity contribution in [1.29, 1.82) is 0 Å². The van der Waals surface area contributed by atoms with Crippen LogP contribution in [-0.4, -0.2) is 17.6 Å². The molecule has 100 valence electrons. The molecule has 0 saturated heterocycles. The summed E-state index contributed by atoms with van der Waals surface area (Å²) in [6.07, 6.45) is 8.20. The van der Waals surface area contributed by atoms with E-state index in [1.807, 2.05) is 12.3 Å². The first-order valence-corrected chi connectivity index (χ1v) is 7.19. The molecule has 1 aromatic heterocycles. The summed E-state index contributed by atoms with van der Waals surface area (Å²) in [5.41, 5.74) is 1.10. The van der Waals surface area contributed by atoms with E-state index in [2.05, 4.69) is 17.2 Å². The number of halogens is 1. The fourth-order valence-corrected chi connectivity index (χ4v) is 2.49. The maximum absolute atomic E-state index is 6.21. The molecule has 0 aromatic carbocycles. The van der Waals surface area contributed by atoms with Crippen LogP contribution in [0.3, 0.4) is 0 Å². The number of nitrogens with one attached hydrogen (secondary N) is 1. The fourth-order valence-electron chi connectivity index (χ4n) is 2.26. The average Bonchev–Trinajstić information content (AvgIpc) is 2.40. The van der Waals surface area contributed by atoms with Crippen molar-refractivity contribution >= 4 is 11.6 Å².